The third-order valence-corrected chi connectivity index (χ3v) is 6.11. The van der Waals surface area contributed by atoms with Crippen molar-refractivity contribution in [3.63, 3.8) is 0 Å². The monoisotopic (exact) mass is 501 g/mol. The van der Waals surface area contributed by atoms with E-state index in [1.807, 2.05) is 0 Å². The second-order valence-electron chi connectivity index (χ2n) is 8.48. The zero-order chi connectivity index (χ0) is 26.0. The second kappa shape index (κ2) is 10.2. The lowest BCUT2D eigenvalue weighted by Gasteiger charge is -2.09. The minimum absolute atomic E-state index is 0.00195. The van der Waals surface area contributed by atoms with Crippen LogP contribution in [-0.4, -0.2) is 28.1 Å². The number of carbonyl (C=O) groups excluding carboxylic acids is 4. The summed E-state index contributed by atoms with van der Waals surface area (Å²) in [4.78, 5) is 49.7. The summed E-state index contributed by atoms with van der Waals surface area (Å²) >= 11 is 5.98. The van der Waals surface area contributed by atoms with Gasteiger partial charge in [0.25, 0.3) is 5.91 Å². The van der Waals surface area contributed by atoms with Gasteiger partial charge in [-0.1, -0.05) is 11.6 Å². The first kappa shape index (κ1) is 24.9. The van der Waals surface area contributed by atoms with Gasteiger partial charge in [0, 0.05) is 45.5 Å². The van der Waals surface area contributed by atoms with Crippen molar-refractivity contribution >= 4 is 57.4 Å². The predicted octanol–water partition coefficient (Wildman–Crippen LogP) is 5.63. The lowest BCUT2D eigenvalue weighted by molar-refractivity contribution is -0.116. The normalized spacial score (nSPS) is 10.8. The summed E-state index contributed by atoms with van der Waals surface area (Å²) in [5.74, 6) is -0.834. The zero-order valence-corrected chi connectivity index (χ0v) is 20.8. The fraction of sp³-hybridized carbons (Fsp3) is 0.143. The fourth-order valence-corrected chi connectivity index (χ4v) is 4.24. The lowest BCUT2D eigenvalue weighted by atomic mass is 10.0. The van der Waals surface area contributed by atoms with E-state index in [2.05, 4.69) is 10.6 Å². The molecule has 36 heavy (non-hydrogen) atoms. The molecule has 0 atom stereocenters. The number of fused-ring (bicyclic) bond motifs is 1. The number of aromatic nitrogens is 1. The Hall–Kier alpha value is -4.23. The molecule has 0 bridgehead atoms. The number of ketones is 1. The van der Waals surface area contributed by atoms with Crippen LogP contribution in [0.5, 0.6) is 0 Å². The number of amides is 2. The first-order chi connectivity index (χ1) is 17.1. The van der Waals surface area contributed by atoms with E-state index in [-0.39, 0.29) is 29.9 Å². The number of benzene rings is 3. The van der Waals surface area contributed by atoms with Gasteiger partial charge in [-0.05, 0) is 86.1 Å². The van der Waals surface area contributed by atoms with E-state index in [0.29, 0.717) is 49.7 Å². The van der Waals surface area contributed by atoms with Crippen LogP contribution >= 0.6 is 11.6 Å². The molecule has 0 radical (unpaired) electrons. The number of halogens is 1. The average Bonchev–Trinajstić information content (AvgIpc) is 3.10. The van der Waals surface area contributed by atoms with Crippen molar-refractivity contribution in [2.24, 2.45) is 0 Å². The molecular weight excluding hydrogens is 478 g/mol. The molecule has 0 saturated heterocycles. The molecule has 2 amide bonds. The van der Waals surface area contributed by atoms with Crippen molar-refractivity contribution in [2.75, 3.05) is 10.6 Å². The Morgan fingerprint density at radius 3 is 1.97 bits per heavy atom. The Morgan fingerprint density at radius 1 is 0.806 bits per heavy atom. The van der Waals surface area contributed by atoms with Gasteiger partial charge in [-0.25, -0.2) is 0 Å². The largest absolute Gasteiger partial charge is 0.326 e. The van der Waals surface area contributed by atoms with Crippen molar-refractivity contribution in [1.29, 1.82) is 0 Å². The molecule has 4 rings (SSSR count). The average molecular weight is 502 g/mol. The second-order valence-corrected chi connectivity index (χ2v) is 8.92. The topological polar surface area (TPSA) is 97.3 Å². The van der Waals surface area contributed by atoms with Crippen LogP contribution in [0.1, 0.15) is 45.8 Å². The molecule has 182 valence electrons. The molecule has 2 N–H and O–H groups in total. The standard InChI is InChI=1S/C28H24ClN3O4/c1-16-24(15-27(35)31-23-11-9-22(10-12-23)30-18(3)34)25-14-20(17(2)33)6-13-26(25)32(16)28(36)19-4-7-21(29)8-5-19/h4-14H,15H2,1-3H3,(H,30,34)(H,31,35). The number of nitrogens with zero attached hydrogens (tertiary/aromatic N) is 1. The SMILES string of the molecule is CC(=O)Nc1ccc(NC(=O)Cc2c(C)n(C(=O)c3ccc(Cl)cc3)c3ccc(C(C)=O)cc23)cc1. The molecule has 0 spiro atoms. The van der Waals surface area contributed by atoms with E-state index in [1.165, 1.54) is 13.8 Å². The van der Waals surface area contributed by atoms with Crippen molar-refractivity contribution < 1.29 is 19.2 Å². The number of nitrogens with one attached hydrogen (secondary N) is 2. The van der Waals surface area contributed by atoms with E-state index in [9.17, 15) is 19.2 Å². The molecule has 0 aliphatic rings. The Bertz CT molecular complexity index is 1500. The molecule has 1 heterocycles. The summed E-state index contributed by atoms with van der Waals surface area (Å²) in [7, 11) is 0. The first-order valence-electron chi connectivity index (χ1n) is 11.3. The molecule has 4 aromatic rings. The van der Waals surface area contributed by atoms with Gasteiger partial charge >= 0.3 is 0 Å². The number of hydrogen-bond acceptors (Lipinski definition) is 4. The third kappa shape index (κ3) is 5.21. The van der Waals surface area contributed by atoms with Crippen LogP contribution in [0.15, 0.2) is 66.7 Å². The summed E-state index contributed by atoms with van der Waals surface area (Å²) in [6.07, 6.45) is -0.00195. The molecule has 7 nitrogen and oxygen atoms in total. The zero-order valence-electron chi connectivity index (χ0n) is 20.0. The molecule has 0 aliphatic heterocycles. The molecule has 8 heteroatoms. The third-order valence-electron chi connectivity index (χ3n) is 5.86. The van der Waals surface area contributed by atoms with Crippen LogP contribution in [0.3, 0.4) is 0 Å². The first-order valence-corrected chi connectivity index (χ1v) is 11.6. The van der Waals surface area contributed by atoms with Gasteiger partial charge in [-0.3, -0.25) is 23.7 Å². The maximum absolute atomic E-state index is 13.4. The van der Waals surface area contributed by atoms with Gasteiger partial charge in [0.2, 0.25) is 11.8 Å². The van der Waals surface area contributed by atoms with E-state index in [0.717, 1.165) is 0 Å². The number of rotatable bonds is 6. The van der Waals surface area contributed by atoms with Crippen molar-refractivity contribution in [1.82, 2.24) is 4.57 Å². The molecule has 0 aliphatic carbocycles. The van der Waals surface area contributed by atoms with Gasteiger partial charge in [0.1, 0.15) is 0 Å². The highest BCUT2D eigenvalue weighted by Crippen LogP contribution is 2.29. The van der Waals surface area contributed by atoms with Gasteiger partial charge in [0.05, 0.1) is 11.9 Å². The Balaban J connectivity index is 1.69. The number of hydrogen-bond donors (Lipinski definition) is 2. The Labute approximate surface area is 213 Å². The van der Waals surface area contributed by atoms with Crippen LogP contribution in [0, 0.1) is 6.92 Å². The predicted molar refractivity (Wildman–Crippen MR) is 141 cm³/mol. The van der Waals surface area contributed by atoms with Gasteiger partial charge < -0.3 is 10.6 Å². The van der Waals surface area contributed by atoms with Gasteiger partial charge in [-0.2, -0.15) is 0 Å². The number of Topliss-reactive ketones (excluding diaryl/α,β-unsaturated/α-hetero) is 1. The lowest BCUT2D eigenvalue weighted by Crippen LogP contribution is -2.16. The van der Waals surface area contributed by atoms with Gasteiger partial charge in [-0.15, -0.1) is 0 Å². The summed E-state index contributed by atoms with van der Waals surface area (Å²) in [5.41, 5.74) is 4.01. The number of carbonyl (C=O) groups is 4. The maximum Gasteiger partial charge on any atom is 0.262 e. The Morgan fingerprint density at radius 2 is 1.39 bits per heavy atom. The maximum atomic E-state index is 13.4. The smallest absolute Gasteiger partial charge is 0.262 e. The minimum atomic E-state index is -0.281. The minimum Gasteiger partial charge on any atom is -0.326 e. The molecule has 0 unspecified atom stereocenters. The van der Waals surface area contributed by atoms with E-state index >= 15 is 0 Å². The Kier molecular flexibility index (Phi) is 7.03. The molecular formula is C28H24ClN3O4. The van der Waals surface area contributed by atoms with E-state index in [1.54, 1.807) is 78.2 Å². The van der Waals surface area contributed by atoms with Crippen LogP contribution in [0.4, 0.5) is 11.4 Å². The van der Waals surface area contributed by atoms with Crippen LogP contribution in [-0.2, 0) is 16.0 Å². The van der Waals surface area contributed by atoms with Gasteiger partial charge in [0.15, 0.2) is 5.78 Å². The molecule has 1 aromatic heterocycles. The van der Waals surface area contributed by atoms with Crippen molar-refractivity contribution in [3.8, 4) is 0 Å². The quantitative estimate of drug-likeness (QED) is 0.334. The van der Waals surface area contributed by atoms with Crippen LogP contribution in [0.25, 0.3) is 10.9 Å². The van der Waals surface area contributed by atoms with Crippen LogP contribution < -0.4 is 10.6 Å². The number of anilines is 2. The van der Waals surface area contributed by atoms with E-state index < -0.39 is 0 Å². The summed E-state index contributed by atoms with van der Waals surface area (Å²) in [6.45, 7) is 4.68. The summed E-state index contributed by atoms with van der Waals surface area (Å²) in [5, 5.41) is 6.71. The molecule has 0 fully saturated rings. The summed E-state index contributed by atoms with van der Waals surface area (Å²) in [6, 6.07) is 18.5. The highest BCUT2D eigenvalue weighted by molar-refractivity contribution is 6.30. The van der Waals surface area contributed by atoms with Crippen LogP contribution in [0.2, 0.25) is 5.02 Å². The van der Waals surface area contributed by atoms with Crippen molar-refractivity contribution in [2.45, 2.75) is 27.2 Å². The highest BCUT2D eigenvalue weighted by atomic mass is 35.5. The summed E-state index contributed by atoms with van der Waals surface area (Å²) < 4.78 is 1.56. The van der Waals surface area contributed by atoms with Crippen molar-refractivity contribution in [3.05, 3.63) is 94.1 Å². The highest BCUT2D eigenvalue weighted by Gasteiger charge is 2.22. The van der Waals surface area contributed by atoms with E-state index in [4.69, 9.17) is 11.6 Å². The molecule has 3 aromatic carbocycles. The fourth-order valence-electron chi connectivity index (χ4n) is 4.11. The molecule has 0 saturated carbocycles.